The summed E-state index contributed by atoms with van der Waals surface area (Å²) in [6, 6.07) is 56.3. The van der Waals surface area contributed by atoms with Gasteiger partial charge in [0.2, 0.25) is 0 Å². The SMILES string of the molecule is CC1(C)c2ccccc2-c2ccc(-c3cccc4cccc(N(c5ccccc5)c5ccc6c(c5)C(C)(C)c5ccccc5-6)c34)cc21. The number of rotatable bonds is 4. The van der Waals surface area contributed by atoms with E-state index in [0.29, 0.717) is 0 Å². The van der Waals surface area contributed by atoms with Crippen molar-refractivity contribution in [2.45, 2.75) is 38.5 Å². The van der Waals surface area contributed by atoms with Crippen molar-refractivity contribution in [3.8, 4) is 33.4 Å². The molecule has 0 atom stereocenters. The van der Waals surface area contributed by atoms with Crippen molar-refractivity contribution in [2.75, 3.05) is 4.90 Å². The summed E-state index contributed by atoms with van der Waals surface area (Å²) in [5, 5.41) is 2.49. The number of nitrogens with zero attached hydrogens (tertiary/aromatic N) is 1. The Kier molecular flexibility index (Phi) is 5.96. The molecule has 0 aromatic heterocycles. The minimum absolute atomic E-state index is 0.0553. The smallest absolute Gasteiger partial charge is 0.0546 e. The van der Waals surface area contributed by atoms with Crippen molar-refractivity contribution in [1.82, 2.24) is 0 Å². The van der Waals surface area contributed by atoms with Gasteiger partial charge in [0.05, 0.1) is 5.69 Å². The summed E-state index contributed by atoms with van der Waals surface area (Å²) >= 11 is 0. The van der Waals surface area contributed by atoms with Gasteiger partial charge in [-0.3, -0.25) is 0 Å². The Hall–Kier alpha value is -5.40. The van der Waals surface area contributed by atoms with Crippen molar-refractivity contribution in [3.05, 3.63) is 174 Å². The third kappa shape index (κ3) is 4.02. The molecule has 47 heavy (non-hydrogen) atoms. The molecule has 0 amide bonds. The Labute approximate surface area is 277 Å². The van der Waals surface area contributed by atoms with Crippen molar-refractivity contribution in [1.29, 1.82) is 0 Å². The van der Waals surface area contributed by atoms with Crippen molar-refractivity contribution in [2.24, 2.45) is 0 Å². The van der Waals surface area contributed by atoms with Gasteiger partial charge in [-0.25, -0.2) is 0 Å². The Morgan fingerprint density at radius 3 is 1.60 bits per heavy atom. The molecule has 0 bridgehead atoms. The van der Waals surface area contributed by atoms with Gasteiger partial charge in [-0.1, -0.05) is 143 Å². The van der Waals surface area contributed by atoms with E-state index in [4.69, 9.17) is 0 Å². The summed E-state index contributed by atoms with van der Waals surface area (Å²) in [5.41, 5.74) is 16.8. The number of para-hydroxylation sites is 1. The molecule has 7 aromatic rings. The third-order valence-electron chi connectivity index (χ3n) is 10.9. The van der Waals surface area contributed by atoms with E-state index in [2.05, 4.69) is 184 Å². The summed E-state index contributed by atoms with van der Waals surface area (Å²) in [4.78, 5) is 2.46. The monoisotopic (exact) mass is 603 g/mol. The van der Waals surface area contributed by atoms with Crippen molar-refractivity contribution >= 4 is 27.8 Å². The highest BCUT2D eigenvalue weighted by Crippen LogP contribution is 2.53. The van der Waals surface area contributed by atoms with Gasteiger partial charge in [-0.2, -0.15) is 0 Å². The first-order chi connectivity index (χ1) is 22.8. The summed E-state index contributed by atoms with van der Waals surface area (Å²) in [6.45, 7) is 9.44. The zero-order valence-corrected chi connectivity index (χ0v) is 27.4. The maximum absolute atomic E-state index is 2.46. The van der Waals surface area contributed by atoms with Gasteiger partial charge in [-0.15, -0.1) is 0 Å². The van der Waals surface area contributed by atoms with E-state index >= 15 is 0 Å². The fraction of sp³-hybridized carbons (Fsp3) is 0.130. The second kappa shape index (κ2) is 10.0. The van der Waals surface area contributed by atoms with Gasteiger partial charge < -0.3 is 4.90 Å². The standard InChI is InChI=1S/C46H37N/c1-45(2)39-21-10-8-18-35(39)37-26-24-31(28-41(37)45)34-20-12-14-30-15-13-23-43(44(30)34)47(32-16-6-5-7-17-32)33-25-27-38-36-19-9-11-22-40(36)46(3,4)42(38)29-33/h5-29H,1-4H3. The predicted molar refractivity (Wildman–Crippen MR) is 199 cm³/mol. The van der Waals surface area contributed by atoms with E-state index in [-0.39, 0.29) is 10.8 Å². The van der Waals surface area contributed by atoms with Gasteiger partial charge in [0.1, 0.15) is 0 Å². The highest BCUT2D eigenvalue weighted by molar-refractivity contribution is 6.08. The summed E-state index contributed by atoms with van der Waals surface area (Å²) < 4.78 is 0. The molecule has 1 nitrogen and oxygen atoms in total. The summed E-state index contributed by atoms with van der Waals surface area (Å²) in [7, 11) is 0. The lowest BCUT2D eigenvalue weighted by Crippen LogP contribution is -2.16. The molecule has 0 heterocycles. The summed E-state index contributed by atoms with van der Waals surface area (Å²) in [6.07, 6.45) is 0. The number of benzene rings is 7. The van der Waals surface area contributed by atoms with Crippen LogP contribution in [0.15, 0.2) is 152 Å². The largest absolute Gasteiger partial charge is 0.310 e. The maximum atomic E-state index is 2.46. The fourth-order valence-corrected chi connectivity index (χ4v) is 8.46. The van der Waals surface area contributed by atoms with Crippen LogP contribution in [0.5, 0.6) is 0 Å². The van der Waals surface area contributed by atoms with Crippen LogP contribution in [0.2, 0.25) is 0 Å². The molecule has 226 valence electrons. The lowest BCUT2D eigenvalue weighted by atomic mass is 9.81. The van der Waals surface area contributed by atoms with Crippen LogP contribution in [0.4, 0.5) is 17.1 Å². The number of fused-ring (bicyclic) bond motifs is 7. The third-order valence-corrected chi connectivity index (χ3v) is 10.9. The van der Waals surface area contributed by atoms with Gasteiger partial charge in [-0.05, 0) is 97.4 Å². The second-order valence-electron chi connectivity index (χ2n) is 14.2. The highest BCUT2D eigenvalue weighted by atomic mass is 15.1. The van der Waals surface area contributed by atoms with Gasteiger partial charge >= 0.3 is 0 Å². The van der Waals surface area contributed by atoms with Crippen LogP contribution in [0.25, 0.3) is 44.2 Å². The molecule has 0 saturated heterocycles. The average molecular weight is 604 g/mol. The molecular weight excluding hydrogens is 567 g/mol. The van der Waals surface area contributed by atoms with E-state index < -0.39 is 0 Å². The lowest BCUT2D eigenvalue weighted by molar-refractivity contribution is 0.660. The molecule has 7 aromatic carbocycles. The predicted octanol–water partition coefficient (Wildman–Crippen LogP) is 12.6. The minimum Gasteiger partial charge on any atom is -0.310 e. The number of hydrogen-bond acceptors (Lipinski definition) is 1. The van der Waals surface area contributed by atoms with E-state index in [9.17, 15) is 0 Å². The second-order valence-corrected chi connectivity index (χ2v) is 14.2. The van der Waals surface area contributed by atoms with Gasteiger partial charge in [0.25, 0.3) is 0 Å². The van der Waals surface area contributed by atoms with Crippen molar-refractivity contribution in [3.63, 3.8) is 0 Å². The molecule has 0 aliphatic heterocycles. The minimum atomic E-state index is -0.0803. The summed E-state index contributed by atoms with van der Waals surface area (Å²) in [5.74, 6) is 0. The first-order valence-corrected chi connectivity index (χ1v) is 16.7. The van der Waals surface area contributed by atoms with E-state index in [1.807, 2.05) is 0 Å². The van der Waals surface area contributed by atoms with Crippen LogP contribution in [-0.4, -0.2) is 0 Å². The normalized spacial score (nSPS) is 14.7. The molecule has 0 radical (unpaired) electrons. The zero-order valence-electron chi connectivity index (χ0n) is 27.4. The highest BCUT2D eigenvalue weighted by Gasteiger charge is 2.37. The molecule has 0 saturated carbocycles. The van der Waals surface area contributed by atoms with E-state index in [1.54, 1.807) is 0 Å². The van der Waals surface area contributed by atoms with Crippen LogP contribution in [0.3, 0.4) is 0 Å². The molecule has 0 unspecified atom stereocenters. The molecular formula is C46H37N. The fourth-order valence-electron chi connectivity index (χ4n) is 8.46. The van der Waals surface area contributed by atoms with E-state index in [0.717, 1.165) is 5.69 Å². The van der Waals surface area contributed by atoms with Gasteiger partial charge in [0, 0.05) is 27.6 Å². The van der Waals surface area contributed by atoms with Gasteiger partial charge in [0.15, 0.2) is 0 Å². The average Bonchev–Trinajstić information content (AvgIpc) is 3.48. The maximum Gasteiger partial charge on any atom is 0.0546 e. The molecule has 1 heteroatoms. The topological polar surface area (TPSA) is 3.24 Å². The van der Waals surface area contributed by atoms with Crippen molar-refractivity contribution < 1.29 is 0 Å². The molecule has 0 N–H and O–H groups in total. The van der Waals surface area contributed by atoms with Crippen LogP contribution >= 0.6 is 0 Å². The van der Waals surface area contributed by atoms with Crippen LogP contribution in [0, 0.1) is 0 Å². The molecule has 0 spiro atoms. The lowest BCUT2D eigenvalue weighted by Gasteiger charge is -2.29. The Bertz CT molecular complexity index is 2350. The Morgan fingerprint density at radius 2 is 0.915 bits per heavy atom. The number of anilines is 3. The molecule has 2 aliphatic carbocycles. The first kappa shape index (κ1) is 27.9. The zero-order chi connectivity index (χ0) is 31.9. The molecule has 9 rings (SSSR count). The van der Waals surface area contributed by atoms with E-state index in [1.165, 1.54) is 77.8 Å². The Balaban J connectivity index is 1.26. The first-order valence-electron chi connectivity index (χ1n) is 16.7. The number of hydrogen-bond donors (Lipinski definition) is 0. The van der Waals surface area contributed by atoms with Crippen LogP contribution in [0.1, 0.15) is 49.9 Å². The molecule has 2 aliphatic rings. The molecule has 0 fully saturated rings. The quantitative estimate of drug-likeness (QED) is 0.193. The van der Waals surface area contributed by atoms with Crippen LogP contribution in [-0.2, 0) is 10.8 Å². The Morgan fingerprint density at radius 1 is 0.383 bits per heavy atom. The van der Waals surface area contributed by atoms with Crippen LogP contribution < -0.4 is 4.90 Å².